The predicted octanol–water partition coefficient (Wildman–Crippen LogP) is 2.53. The molecule has 3 rings (SSSR count). The van der Waals surface area contributed by atoms with E-state index in [4.69, 9.17) is 4.98 Å². The van der Waals surface area contributed by atoms with Crippen LogP contribution in [0.15, 0.2) is 36.5 Å². The number of aromatic nitrogens is 2. The van der Waals surface area contributed by atoms with Gasteiger partial charge in [0.05, 0.1) is 6.61 Å². The lowest BCUT2D eigenvalue weighted by Gasteiger charge is -2.26. The molecule has 0 unspecified atom stereocenters. The van der Waals surface area contributed by atoms with E-state index in [1.54, 1.807) is 0 Å². The van der Waals surface area contributed by atoms with Crippen molar-refractivity contribution in [3.63, 3.8) is 0 Å². The molecule has 0 saturated carbocycles. The first-order valence-electron chi connectivity index (χ1n) is 7.37. The summed E-state index contributed by atoms with van der Waals surface area (Å²) in [7, 11) is 0. The van der Waals surface area contributed by atoms with Crippen LogP contribution in [0.4, 0.5) is 5.82 Å². The molecule has 4 nitrogen and oxygen atoms in total. The second-order valence-corrected chi connectivity index (χ2v) is 5.25. The minimum absolute atomic E-state index is 0.135. The van der Waals surface area contributed by atoms with Crippen molar-refractivity contribution in [2.24, 2.45) is 0 Å². The Bertz CT molecular complexity index is 544. The molecule has 1 fully saturated rings. The second-order valence-electron chi connectivity index (χ2n) is 5.25. The largest absolute Gasteiger partial charge is 0.395 e. The van der Waals surface area contributed by atoms with E-state index in [1.807, 2.05) is 18.2 Å². The van der Waals surface area contributed by atoms with E-state index in [1.165, 1.54) is 19.3 Å². The number of aliphatic hydroxyl groups excluding tert-OH is 1. The zero-order chi connectivity index (χ0) is 13.8. The molecule has 1 aromatic carbocycles. The molecular formula is C16H21N3O. The predicted molar refractivity (Wildman–Crippen MR) is 80.8 cm³/mol. The summed E-state index contributed by atoms with van der Waals surface area (Å²) < 4.78 is 2.05. The van der Waals surface area contributed by atoms with Crippen LogP contribution < -0.4 is 4.90 Å². The van der Waals surface area contributed by atoms with Crippen LogP contribution in [-0.4, -0.2) is 34.4 Å². The van der Waals surface area contributed by atoms with E-state index < -0.39 is 0 Å². The highest BCUT2D eigenvalue weighted by molar-refractivity contribution is 5.59. The lowest BCUT2D eigenvalue weighted by molar-refractivity contribution is 0.276. The maximum Gasteiger partial charge on any atom is 0.147 e. The van der Waals surface area contributed by atoms with E-state index in [2.05, 4.69) is 27.8 Å². The van der Waals surface area contributed by atoms with Crippen molar-refractivity contribution in [1.82, 2.24) is 9.55 Å². The van der Waals surface area contributed by atoms with Crippen LogP contribution in [0.1, 0.15) is 19.3 Å². The number of hydrogen-bond donors (Lipinski definition) is 1. The fourth-order valence-electron chi connectivity index (χ4n) is 2.77. The summed E-state index contributed by atoms with van der Waals surface area (Å²) in [6.45, 7) is 2.90. The molecule has 0 atom stereocenters. The molecule has 20 heavy (non-hydrogen) atoms. The minimum Gasteiger partial charge on any atom is -0.395 e. The Hall–Kier alpha value is -1.81. The third-order valence-electron chi connectivity index (χ3n) is 3.82. The molecule has 2 heterocycles. The fraction of sp³-hybridized carbons (Fsp3) is 0.438. The van der Waals surface area contributed by atoms with Gasteiger partial charge in [0, 0.05) is 31.4 Å². The van der Waals surface area contributed by atoms with Crippen molar-refractivity contribution in [2.45, 2.75) is 25.8 Å². The van der Waals surface area contributed by atoms with Crippen molar-refractivity contribution < 1.29 is 5.11 Å². The van der Waals surface area contributed by atoms with Crippen LogP contribution in [0, 0.1) is 0 Å². The Balaban J connectivity index is 1.93. The first-order chi connectivity index (χ1) is 9.88. The van der Waals surface area contributed by atoms with E-state index in [-0.39, 0.29) is 6.61 Å². The molecule has 0 radical (unpaired) electrons. The summed E-state index contributed by atoms with van der Waals surface area (Å²) in [4.78, 5) is 7.15. The van der Waals surface area contributed by atoms with Gasteiger partial charge in [0.25, 0.3) is 0 Å². The second kappa shape index (κ2) is 6.09. The molecule has 4 heteroatoms. The Labute approximate surface area is 119 Å². The fourth-order valence-corrected chi connectivity index (χ4v) is 2.77. The average molecular weight is 271 g/mol. The molecule has 1 saturated heterocycles. The van der Waals surface area contributed by atoms with Crippen molar-refractivity contribution in [3.8, 4) is 11.4 Å². The van der Waals surface area contributed by atoms with Crippen LogP contribution in [0.2, 0.25) is 0 Å². The van der Waals surface area contributed by atoms with Gasteiger partial charge in [0.15, 0.2) is 0 Å². The van der Waals surface area contributed by atoms with Crippen LogP contribution in [-0.2, 0) is 6.54 Å². The van der Waals surface area contributed by atoms with Gasteiger partial charge in [0.2, 0.25) is 0 Å². The van der Waals surface area contributed by atoms with Gasteiger partial charge < -0.3 is 14.6 Å². The first-order valence-corrected chi connectivity index (χ1v) is 7.37. The topological polar surface area (TPSA) is 41.3 Å². The summed E-state index contributed by atoms with van der Waals surface area (Å²) in [5.41, 5.74) is 1.10. The number of benzene rings is 1. The SMILES string of the molecule is OCCn1cc(N2CCCCC2)nc1-c1ccccc1. The monoisotopic (exact) mass is 271 g/mol. The highest BCUT2D eigenvalue weighted by Crippen LogP contribution is 2.25. The minimum atomic E-state index is 0.135. The van der Waals surface area contributed by atoms with Gasteiger partial charge in [-0.15, -0.1) is 0 Å². The first kappa shape index (κ1) is 13.2. The molecule has 1 N–H and O–H groups in total. The summed E-state index contributed by atoms with van der Waals surface area (Å²) >= 11 is 0. The van der Waals surface area contributed by atoms with E-state index in [9.17, 15) is 5.11 Å². The standard InChI is InChI=1S/C16H21N3O/c20-12-11-19-13-15(18-9-5-2-6-10-18)17-16(19)14-7-3-1-4-8-14/h1,3-4,7-8,13,20H,2,5-6,9-12H2. The molecule has 1 aromatic heterocycles. The van der Waals surface area contributed by atoms with Gasteiger partial charge in [-0.25, -0.2) is 4.98 Å². The van der Waals surface area contributed by atoms with Gasteiger partial charge >= 0.3 is 0 Å². The Morgan fingerprint density at radius 2 is 1.80 bits per heavy atom. The third kappa shape index (κ3) is 2.70. The summed E-state index contributed by atoms with van der Waals surface area (Å²) in [6.07, 6.45) is 5.88. The molecular weight excluding hydrogens is 250 g/mol. The lowest BCUT2D eigenvalue weighted by atomic mass is 10.1. The Morgan fingerprint density at radius 1 is 1.05 bits per heavy atom. The molecule has 0 aliphatic carbocycles. The third-order valence-corrected chi connectivity index (χ3v) is 3.82. The molecule has 0 spiro atoms. The quantitative estimate of drug-likeness (QED) is 0.929. The summed E-state index contributed by atoms with van der Waals surface area (Å²) in [6, 6.07) is 10.2. The van der Waals surface area contributed by atoms with Crippen LogP contribution in [0.25, 0.3) is 11.4 Å². The van der Waals surface area contributed by atoms with Crippen LogP contribution in [0.5, 0.6) is 0 Å². The normalized spacial score (nSPS) is 15.6. The summed E-state index contributed by atoms with van der Waals surface area (Å²) in [5, 5.41) is 9.25. The number of hydrogen-bond acceptors (Lipinski definition) is 3. The van der Waals surface area contributed by atoms with Gasteiger partial charge in [-0.3, -0.25) is 0 Å². The molecule has 0 bridgehead atoms. The van der Waals surface area contributed by atoms with Gasteiger partial charge in [-0.2, -0.15) is 0 Å². The summed E-state index contributed by atoms with van der Waals surface area (Å²) in [5.74, 6) is 1.98. The van der Waals surface area contributed by atoms with E-state index in [0.29, 0.717) is 6.54 Å². The lowest BCUT2D eigenvalue weighted by Crippen LogP contribution is -2.29. The number of nitrogens with zero attached hydrogens (tertiary/aromatic N) is 3. The van der Waals surface area contributed by atoms with E-state index in [0.717, 1.165) is 30.3 Å². The number of aliphatic hydroxyl groups is 1. The average Bonchev–Trinajstić information content (AvgIpc) is 2.94. The van der Waals surface area contributed by atoms with Gasteiger partial charge in [-0.05, 0) is 19.3 Å². The number of imidazole rings is 1. The molecule has 0 amide bonds. The van der Waals surface area contributed by atoms with Crippen molar-refractivity contribution in [2.75, 3.05) is 24.6 Å². The van der Waals surface area contributed by atoms with Crippen molar-refractivity contribution in [1.29, 1.82) is 0 Å². The highest BCUT2D eigenvalue weighted by atomic mass is 16.3. The Kier molecular flexibility index (Phi) is 4.02. The van der Waals surface area contributed by atoms with Gasteiger partial charge in [-0.1, -0.05) is 30.3 Å². The maximum atomic E-state index is 9.25. The van der Waals surface area contributed by atoms with Crippen LogP contribution >= 0.6 is 0 Å². The zero-order valence-electron chi connectivity index (χ0n) is 11.7. The van der Waals surface area contributed by atoms with E-state index >= 15 is 0 Å². The molecule has 1 aliphatic rings. The smallest absolute Gasteiger partial charge is 0.147 e. The Morgan fingerprint density at radius 3 is 2.50 bits per heavy atom. The van der Waals surface area contributed by atoms with Crippen molar-refractivity contribution in [3.05, 3.63) is 36.5 Å². The highest BCUT2D eigenvalue weighted by Gasteiger charge is 2.16. The number of anilines is 1. The zero-order valence-corrected chi connectivity index (χ0v) is 11.7. The van der Waals surface area contributed by atoms with Crippen LogP contribution in [0.3, 0.4) is 0 Å². The number of rotatable bonds is 4. The number of piperidine rings is 1. The maximum absolute atomic E-state index is 9.25. The molecule has 2 aromatic rings. The molecule has 1 aliphatic heterocycles. The molecule has 106 valence electrons. The van der Waals surface area contributed by atoms with Crippen molar-refractivity contribution >= 4 is 5.82 Å². The van der Waals surface area contributed by atoms with Gasteiger partial charge in [0.1, 0.15) is 11.6 Å².